The van der Waals surface area contributed by atoms with Crippen molar-refractivity contribution in [3.63, 3.8) is 0 Å². The van der Waals surface area contributed by atoms with Gasteiger partial charge >= 0.3 is 0 Å². The topological polar surface area (TPSA) is 102 Å². The summed E-state index contributed by atoms with van der Waals surface area (Å²) in [6.45, 7) is 4.41. The summed E-state index contributed by atoms with van der Waals surface area (Å²) >= 11 is 0. The molecule has 0 fully saturated rings. The molecule has 0 amide bonds. The summed E-state index contributed by atoms with van der Waals surface area (Å²) in [7, 11) is 0. The van der Waals surface area contributed by atoms with Crippen LogP contribution in [0.2, 0.25) is 0 Å². The number of nitrogens with one attached hydrogen (secondary N) is 1. The van der Waals surface area contributed by atoms with Crippen LogP contribution < -0.4 is 11.3 Å². The number of aromatic nitrogens is 5. The van der Waals surface area contributed by atoms with Crippen molar-refractivity contribution in [1.29, 1.82) is 0 Å². The average Bonchev–Trinajstić information content (AvgIpc) is 3.00. The molecule has 0 aliphatic rings. The Hall–Kier alpha value is -2.70. The van der Waals surface area contributed by atoms with E-state index in [4.69, 9.17) is 5.73 Å². The van der Waals surface area contributed by atoms with Crippen LogP contribution in [0.1, 0.15) is 19.5 Å². The Morgan fingerprint density at radius 2 is 2.14 bits per heavy atom. The van der Waals surface area contributed by atoms with Gasteiger partial charge in [-0.25, -0.2) is 4.98 Å². The van der Waals surface area contributed by atoms with Crippen LogP contribution in [0, 0.1) is 0 Å². The summed E-state index contributed by atoms with van der Waals surface area (Å²) in [5.74, 6) is 0.190. The van der Waals surface area contributed by atoms with Crippen molar-refractivity contribution in [2.24, 2.45) is 0 Å². The zero-order valence-electron chi connectivity index (χ0n) is 11.9. The van der Waals surface area contributed by atoms with Gasteiger partial charge in [-0.2, -0.15) is 10.1 Å². The molecule has 0 saturated carbocycles. The molecule has 0 unspecified atom stereocenters. The van der Waals surface area contributed by atoms with Gasteiger partial charge in [-0.05, 0) is 25.5 Å². The van der Waals surface area contributed by atoms with E-state index in [1.807, 2.05) is 19.9 Å². The van der Waals surface area contributed by atoms with Gasteiger partial charge in [0.05, 0.1) is 17.0 Å². The first kappa shape index (κ1) is 13.3. The van der Waals surface area contributed by atoms with Crippen LogP contribution >= 0.6 is 0 Å². The molecule has 0 radical (unpaired) electrons. The van der Waals surface area contributed by atoms with E-state index in [-0.39, 0.29) is 11.5 Å². The number of hydrogen-bond acceptors (Lipinski definition) is 5. The lowest BCUT2D eigenvalue weighted by Crippen LogP contribution is -2.23. The minimum absolute atomic E-state index is 0.116. The zero-order chi connectivity index (χ0) is 15.0. The average molecular weight is 284 g/mol. The van der Waals surface area contributed by atoms with E-state index >= 15 is 0 Å². The van der Waals surface area contributed by atoms with Crippen LogP contribution in [0.25, 0.3) is 22.3 Å². The molecule has 7 heteroatoms. The summed E-state index contributed by atoms with van der Waals surface area (Å²) in [6.07, 6.45) is 2.34. The molecule has 7 nitrogen and oxygen atoms in total. The smallest absolute Gasteiger partial charge is 0.261 e. The molecule has 108 valence electrons. The number of aryl methyl sites for hydroxylation is 2. The first-order valence-corrected chi connectivity index (χ1v) is 6.85. The Balaban J connectivity index is 2.46. The minimum Gasteiger partial charge on any atom is -0.368 e. The number of aromatic amines is 1. The number of H-pyrrole nitrogens is 1. The third kappa shape index (κ3) is 2.06. The van der Waals surface area contributed by atoms with Crippen LogP contribution in [0.4, 0.5) is 5.95 Å². The van der Waals surface area contributed by atoms with E-state index in [0.717, 1.165) is 11.1 Å². The number of fused-ring (bicyclic) bond motifs is 1. The minimum atomic E-state index is -0.116. The molecule has 0 atom stereocenters. The number of rotatable bonds is 3. The highest BCUT2D eigenvalue weighted by Crippen LogP contribution is 2.21. The Kier molecular flexibility index (Phi) is 3.17. The maximum atomic E-state index is 12.6. The number of pyridine rings is 1. The molecule has 0 bridgehead atoms. The van der Waals surface area contributed by atoms with Gasteiger partial charge in [0.15, 0.2) is 0 Å². The Bertz CT molecular complexity index is 850. The van der Waals surface area contributed by atoms with Crippen LogP contribution in [0.15, 0.2) is 23.1 Å². The molecular formula is C14H16N6O. The molecule has 3 aromatic heterocycles. The number of anilines is 1. The van der Waals surface area contributed by atoms with E-state index in [9.17, 15) is 4.79 Å². The molecule has 0 aromatic carbocycles. The maximum absolute atomic E-state index is 12.6. The normalized spacial score (nSPS) is 11.1. The Labute approximate surface area is 120 Å². The Morgan fingerprint density at radius 1 is 1.33 bits per heavy atom. The largest absolute Gasteiger partial charge is 0.368 e. The molecule has 3 rings (SSSR count). The lowest BCUT2D eigenvalue weighted by atomic mass is 10.1. The fraction of sp³-hybridized carbons (Fsp3) is 0.286. The van der Waals surface area contributed by atoms with Crippen LogP contribution in [-0.4, -0.2) is 24.7 Å². The van der Waals surface area contributed by atoms with Crippen molar-refractivity contribution in [2.45, 2.75) is 26.8 Å². The predicted molar refractivity (Wildman–Crippen MR) is 80.8 cm³/mol. The van der Waals surface area contributed by atoms with Crippen molar-refractivity contribution >= 4 is 17.0 Å². The quantitative estimate of drug-likeness (QED) is 0.755. The van der Waals surface area contributed by atoms with Gasteiger partial charge in [-0.3, -0.25) is 14.5 Å². The Morgan fingerprint density at radius 3 is 2.76 bits per heavy atom. The van der Waals surface area contributed by atoms with E-state index in [1.54, 1.807) is 16.8 Å². The maximum Gasteiger partial charge on any atom is 0.261 e. The van der Waals surface area contributed by atoms with Gasteiger partial charge in [0.1, 0.15) is 5.65 Å². The fourth-order valence-electron chi connectivity index (χ4n) is 2.48. The highest BCUT2D eigenvalue weighted by molar-refractivity contribution is 5.83. The zero-order valence-corrected chi connectivity index (χ0v) is 11.9. The van der Waals surface area contributed by atoms with E-state index in [2.05, 4.69) is 20.2 Å². The van der Waals surface area contributed by atoms with Crippen molar-refractivity contribution in [2.75, 3.05) is 5.73 Å². The van der Waals surface area contributed by atoms with Crippen molar-refractivity contribution in [3.05, 3.63) is 34.4 Å². The molecule has 0 spiro atoms. The SMILES string of the molecule is CCc1nc(N)nc2c1cc(-c1ccn[nH]1)c(=O)n2CC. The van der Waals surface area contributed by atoms with Gasteiger partial charge in [0.25, 0.3) is 5.56 Å². The van der Waals surface area contributed by atoms with Gasteiger partial charge in [-0.1, -0.05) is 6.92 Å². The second-order valence-electron chi connectivity index (χ2n) is 4.70. The summed E-state index contributed by atoms with van der Waals surface area (Å²) in [5.41, 5.74) is 8.29. The van der Waals surface area contributed by atoms with Gasteiger partial charge in [0, 0.05) is 18.1 Å². The van der Waals surface area contributed by atoms with Crippen LogP contribution in [-0.2, 0) is 13.0 Å². The van der Waals surface area contributed by atoms with Gasteiger partial charge in [-0.15, -0.1) is 0 Å². The number of nitrogens with two attached hydrogens (primary N) is 1. The molecule has 0 aliphatic carbocycles. The summed E-state index contributed by atoms with van der Waals surface area (Å²) in [6, 6.07) is 3.59. The van der Waals surface area contributed by atoms with Crippen molar-refractivity contribution < 1.29 is 0 Å². The second-order valence-corrected chi connectivity index (χ2v) is 4.70. The van der Waals surface area contributed by atoms with Gasteiger partial charge in [0.2, 0.25) is 5.95 Å². The highest BCUT2D eigenvalue weighted by atomic mass is 16.1. The third-order valence-electron chi connectivity index (χ3n) is 3.48. The standard InChI is InChI=1S/C14H16N6O/c1-3-10-8-7-9(11-5-6-16-19-11)13(21)20(4-2)12(8)18-14(15)17-10/h5-7H,3-4H2,1-2H3,(H,16,19)(H2,15,17,18). The predicted octanol–water partition coefficient (Wildman–Crippen LogP) is 1.35. The van der Waals surface area contributed by atoms with E-state index in [1.165, 1.54) is 0 Å². The van der Waals surface area contributed by atoms with E-state index in [0.29, 0.717) is 29.9 Å². The molecule has 0 aliphatic heterocycles. The van der Waals surface area contributed by atoms with Crippen molar-refractivity contribution in [3.8, 4) is 11.3 Å². The third-order valence-corrected chi connectivity index (χ3v) is 3.48. The van der Waals surface area contributed by atoms with Crippen molar-refractivity contribution in [1.82, 2.24) is 24.7 Å². The lowest BCUT2D eigenvalue weighted by Gasteiger charge is -2.12. The monoisotopic (exact) mass is 284 g/mol. The number of nitrogens with zero attached hydrogens (tertiary/aromatic N) is 4. The molecule has 3 N–H and O–H groups in total. The summed E-state index contributed by atoms with van der Waals surface area (Å²) < 4.78 is 1.61. The van der Waals surface area contributed by atoms with Gasteiger partial charge < -0.3 is 5.73 Å². The first-order valence-electron chi connectivity index (χ1n) is 6.85. The molecular weight excluding hydrogens is 268 g/mol. The first-order chi connectivity index (χ1) is 10.2. The molecule has 0 saturated heterocycles. The number of hydrogen-bond donors (Lipinski definition) is 2. The summed E-state index contributed by atoms with van der Waals surface area (Å²) in [5, 5.41) is 7.58. The molecule has 3 aromatic rings. The van der Waals surface area contributed by atoms with Crippen LogP contribution in [0.3, 0.4) is 0 Å². The summed E-state index contributed by atoms with van der Waals surface area (Å²) in [4.78, 5) is 21.2. The molecule has 3 heterocycles. The lowest BCUT2D eigenvalue weighted by molar-refractivity contribution is 0.749. The highest BCUT2D eigenvalue weighted by Gasteiger charge is 2.15. The second kappa shape index (κ2) is 5.01. The fourth-order valence-corrected chi connectivity index (χ4v) is 2.48. The molecule has 21 heavy (non-hydrogen) atoms. The number of nitrogen functional groups attached to an aromatic ring is 1. The van der Waals surface area contributed by atoms with Crippen LogP contribution in [0.5, 0.6) is 0 Å². The van der Waals surface area contributed by atoms with E-state index < -0.39 is 0 Å².